The highest BCUT2D eigenvalue weighted by atomic mass is 35.5. The van der Waals surface area contributed by atoms with Crippen molar-refractivity contribution in [2.24, 2.45) is 11.8 Å². The third-order valence-corrected chi connectivity index (χ3v) is 5.31. The molecule has 1 aromatic heterocycles. The molecule has 140 valence electrons. The van der Waals surface area contributed by atoms with Crippen LogP contribution in [0.2, 0.25) is 0 Å². The molecule has 3 nitrogen and oxygen atoms in total. The topological polar surface area (TPSA) is 39.2 Å². The van der Waals surface area contributed by atoms with Crippen LogP contribution in [-0.4, -0.2) is 16.3 Å². The predicted molar refractivity (Wildman–Crippen MR) is 108 cm³/mol. The van der Waals surface area contributed by atoms with Gasteiger partial charge in [-0.1, -0.05) is 40.2 Å². The zero-order chi connectivity index (χ0) is 19.1. The monoisotopic (exact) mass is 373 g/mol. The van der Waals surface area contributed by atoms with Gasteiger partial charge in [0, 0.05) is 11.8 Å². The van der Waals surface area contributed by atoms with E-state index in [9.17, 15) is 4.79 Å². The number of rotatable bonds is 8. The van der Waals surface area contributed by atoms with Crippen LogP contribution in [0.5, 0.6) is 5.75 Å². The van der Waals surface area contributed by atoms with E-state index in [0.717, 1.165) is 23.6 Å². The summed E-state index contributed by atoms with van der Waals surface area (Å²) in [5.41, 5.74) is 3.17. The van der Waals surface area contributed by atoms with Crippen molar-refractivity contribution in [2.45, 2.75) is 52.3 Å². The molecule has 0 saturated carbocycles. The summed E-state index contributed by atoms with van der Waals surface area (Å²) in [7, 11) is 0. The van der Waals surface area contributed by atoms with Gasteiger partial charge in [0.15, 0.2) is 0 Å². The number of halogens is 1. The molecule has 0 saturated heterocycles. The summed E-state index contributed by atoms with van der Waals surface area (Å²) in [4.78, 5) is 16.5. The zero-order valence-corrected chi connectivity index (χ0v) is 16.8. The Morgan fingerprint density at radius 2 is 1.81 bits per heavy atom. The lowest BCUT2D eigenvalue weighted by Gasteiger charge is -2.12. The van der Waals surface area contributed by atoms with Crippen LogP contribution in [-0.2, 0) is 11.2 Å². The van der Waals surface area contributed by atoms with Gasteiger partial charge in [-0.3, -0.25) is 9.78 Å². The smallest absolute Gasteiger partial charge is 0.329 e. The number of aromatic nitrogens is 1. The van der Waals surface area contributed by atoms with E-state index in [1.54, 1.807) is 12.1 Å². The summed E-state index contributed by atoms with van der Waals surface area (Å²) in [6, 6.07) is 11.5. The van der Waals surface area contributed by atoms with Gasteiger partial charge >= 0.3 is 5.97 Å². The number of hydrogen-bond donors (Lipinski definition) is 0. The molecule has 0 spiro atoms. The van der Waals surface area contributed by atoms with Crippen LogP contribution in [0.25, 0.3) is 11.3 Å². The van der Waals surface area contributed by atoms with Crippen molar-refractivity contribution in [2.75, 3.05) is 0 Å². The summed E-state index contributed by atoms with van der Waals surface area (Å²) in [5, 5.41) is -0.640. The van der Waals surface area contributed by atoms with E-state index in [4.69, 9.17) is 16.3 Å². The largest absolute Gasteiger partial charge is 0.425 e. The molecule has 2 atom stereocenters. The second-order valence-corrected chi connectivity index (χ2v) is 7.67. The molecule has 1 heterocycles. The maximum absolute atomic E-state index is 11.9. The Kier molecular flexibility index (Phi) is 7.65. The van der Waals surface area contributed by atoms with E-state index in [1.807, 2.05) is 38.2 Å². The first-order valence-corrected chi connectivity index (χ1v) is 9.75. The minimum Gasteiger partial charge on any atom is -0.425 e. The molecule has 0 amide bonds. The maximum Gasteiger partial charge on any atom is 0.329 e. The Balaban J connectivity index is 1.98. The van der Waals surface area contributed by atoms with Gasteiger partial charge in [0.05, 0.1) is 5.69 Å². The second-order valence-electron chi connectivity index (χ2n) is 7.20. The fourth-order valence-electron chi connectivity index (χ4n) is 2.50. The summed E-state index contributed by atoms with van der Waals surface area (Å²) in [6.45, 7) is 8.29. The molecule has 2 unspecified atom stereocenters. The highest BCUT2D eigenvalue weighted by Gasteiger charge is 2.21. The van der Waals surface area contributed by atoms with E-state index in [-0.39, 0.29) is 5.92 Å². The van der Waals surface area contributed by atoms with Gasteiger partial charge in [-0.15, -0.1) is 11.6 Å². The van der Waals surface area contributed by atoms with Crippen molar-refractivity contribution >= 4 is 17.6 Å². The molecular weight excluding hydrogens is 346 g/mol. The molecule has 2 rings (SSSR count). The molecule has 0 aliphatic carbocycles. The van der Waals surface area contributed by atoms with Gasteiger partial charge in [0.2, 0.25) is 0 Å². The van der Waals surface area contributed by atoms with Gasteiger partial charge in [-0.2, -0.15) is 0 Å². The molecule has 0 fully saturated rings. The van der Waals surface area contributed by atoms with Crippen LogP contribution >= 0.6 is 11.6 Å². The number of carbonyl (C=O) groups excluding carboxylic acids is 1. The number of alkyl halides is 1. The molecule has 26 heavy (non-hydrogen) atoms. The van der Waals surface area contributed by atoms with Crippen molar-refractivity contribution in [1.82, 2.24) is 4.98 Å². The average molecular weight is 374 g/mol. The number of pyridine rings is 1. The van der Waals surface area contributed by atoms with Crippen LogP contribution in [0, 0.1) is 11.8 Å². The average Bonchev–Trinajstić information content (AvgIpc) is 2.66. The minimum absolute atomic E-state index is 0.0338. The first kappa shape index (κ1) is 20.4. The molecule has 0 aliphatic heterocycles. The van der Waals surface area contributed by atoms with Crippen molar-refractivity contribution in [3.05, 3.63) is 48.2 Å². The SMILES string of the molecule is CCC(C)CCc1ccc(-c2ccc(OC(=O)C(Cl)C(C)C)cc2)nc1. The van der Waals surface area contributed by atoms with Gasteiger partial charge in [0.1, 0.15) is 11.1 Å². The van der Waals surface area contributed by atoms with Crippen LogP contribution in [0.4, 0.5) is 0 Å². The molecule has 1 aromatic carbocycles. The fraction of sp³-hybridized carbons (Fsp3) is 0.455. The van der Waals surface area contributed by atoms with Crippen LogP contribution in [0.3, 0.4) is 0 Å². The molecule has 0 bridgehead atoms. The summed E-state index contributed by atoms with van der Waals surface area (Å²) < 4.78 is 5.32. The molecule has 0 aliphatic rings. The van der Waals surface area contributed by atoms with Crippen molar-refractivity contribution < 1.29 is 9.53 Å². The van der Waals surface area contributed by atoms with Crippen molar-refractivity contribution in [3.63, 3.8) is 0 Å². The fourth-order valence-corrected chi connectivity index (χ4v) is 2.54. The lowest BCUT2D eigenvalue weighted by Crippen LogP contribution is -2.25. The van der Waals surface area contributed by atoms with Crippen molar-refractivity contribution in [1.29, 1.82) is 0 Å². The lowest BCUT2D eigenvalue weighted by atomic mass is 9.99. The Morgan fingerprint density at radius 1 is 1.12 bits per heavy atom. The van der Waals surface area contributed by atoms with E-state index in [0.29, 0.717) is 5.75 Å². The number of carbonyl (C=O) groups is 1. The molecular formula is C22H28ClNO2. The quantitative estimate of drug-likeness (QED) is 0.328. The summed E-state index contributed by atoms with van der Waals surface area (Å²) in [5.74, 6) is 0.855. The molecule has 2 aromatic rings. The molecule has 0 N–H and O–H groups in total. The number of hydrogen-bond acceptors (Lipinski definition) is 3. The Bertz CT molecular complexity index is 695. The molecule has 0 radical (unpaired) electrons. The zero-order valence-electron chi connectivity index (χ0n) is 16.0. The highest BCUT2D eigenvalue weighted by molar-refractivity contribution is 6.30. The number of benzene rings is 1. The lowest BCUT2D eigenvalue weighted by molar-refractivity contribution is -0.134. The number of ether oxygens (including phenoxy) is 1. The Labute approximate surface area is 161 Å². The van der Waals surface area contributed by atoms with Crippen molar-refractivity contribution in [3.8, 4) is 17.0 Å². The van der Waals surface area contributed by atoms with Gasteiger partial charge < -0.3 is 4.74 Å². The Morgan fingerprint density at radius 3 is 2.35 bits per heavy atom. The minimum atomic E-state index is -0.640. The van der Waals surface area contributed by atoms with E-state index >= 15 is 0 Å². The van der Waals surface area contributed by atoms with Gasteiger partial charge in [0.25, 0.3) is 0 Å². The summed E-state index contributed by atoms with van der Waals surface area (Å²) in [6.07, 6.45) is 5.42. The van der Waals surface area contributed by atoms with Crippen LogP contribution < -0.4 is 4.74 Å². The molecule has 4 heteroatoms. The Hall–Kier alpha value is -1.87. The van der Waals surface area contributed by atoms with Crippen LogP contribution in [0.15, 0.2) is 42.6 Å². The normalized spacial score (nSPS) is 13.5. The first-order chi connectivity index (χ1) is 12.4. The van der Waals surface area contributed by atoms with Gasteiger partial charge in [-0.05, 0) is 60.6 Å². The number of esters is 1. The first-order valence-electron chi connectivity index (χ1n) is 9.31. The van der Waals surface area contributed by atoms with Gasteiger partial charge in [-0.25, -0.2) is 0 Å². The third kappa shape index (κ3) is 5.84. The number of nitrogens with zero attached hydrogens (tertiary/aromatic N) is 1. The highest BCUT2D eigenvalue weighted by Crippen LogP contribution is 2.23. The third-order valence-electron chi connectivity index (χ3n) is 4.63. The second kappa shape index (κ2) is 9.72. The van der Waals surface area contributed by atoms with E-state index < -0.39 is 11.3 Å². The number of aryl methyl sites for hydroxylation is 1. The summed E-state index contributed by atoms with van der Waals surface area (Å²) >= 11 is 6.03. The predicted octanol–water partition coefficient (Wildman–Crippen LogP) is 5.90. The van der Waals surface area contributed by atoms with E-state index in [2.05, 4.69) is 24.9 Å². The standard InChI is InChI=1S/C22H28ClNO2/c1-5-16(4)6-7-17-8-13-20(24-14-17)18-9-11-19(12-10-18)26-22(25)21(23)15(2)3/h8-16,21H,5-7H2,1-4H3. The van der Waals surface area contributed by atoms with E-state index in [1.165, 1.54) is 18.4 Å². The van der Waals surface area contributed by atoms with Crippen LogP contribution in [0.1, 0.15) is 46.1 Å². The maximum atomic E-state index is 11.9.